The maximum Gasteiger partial charge on any atom is 0.107 e. The number of nitrogens with zero attached hydrogens (tertiary/aromatic N) is 3. The first-order valence-electron chi connectivity index (χ1n) is 8.40. The van der Waals surface area contributed by atoms with Crippen LogP contribution in [0.4, 0.5) is 0 Å². The second-order valence-corrected chi connectivity index (χ2v) is 7.85. The van der Waals surface area contributed by atoms with E-state index >= 15 is 0 Å². The summed E-state index contributed by atoms with van der Waals surface area (Å²) in [6, 6.07) is 4.70. The van der Waals surface area contributed by atoms with Gasteiger partial charge in [0.2, 0.25) is 0 Å². The number of likely N-dealkylation sites (tertiary alicyclic amines) is 1. The monoisotopic (exact) mass is 330 g/mol. The summed E-state index contributed by atoms with van der Waals surface area (Å²) >= 11 is 1.83. The SMILES string of the molecule is CC(C)c1cnc(CNC[C@@H]2CCN(C)[C@H]2c2cccnc2)s1. The third-order valence-electron chi connectivity index (χ3n) is 4.62. The summed E-state index contributed by atoms with van der Waals surface area (Å²) in [5.74, 6) is 1.20. The zero-order chi connectivity index (χ0) is 16.2. The maximum atomic E-state index is 4.53. The van der Waals surface area contributed by atoms with Crippen molar-refractivity contribution in [2.24, 2.45) is 5.92 Å². The number of thiazole rings is 1. The first-order valence-corrected chi connectivity index (χ1v) is 9.22. The Labute approximate surface area is 143 Å². The highest BCUT2D eigenvalue weighted by Gasteiger charge is 2.32. The van der Waals surface area contributed by atoms with Crippen LogP contribution in [0.2, 0.25) is 0 Å². The van der Waals surface area contributed by atoms with Gasteiger partial charge in [-0.25, -0.2) is 4.98 Å². The molecule has 0 amide bonds. The summed E-state index contributed by atoms with van der Waals surface area (Å²) in [5, 5.41) is 4.81. The molecule has 1 aliphatic rings. The van der Waals surface area contributed by atoms with E-state index in [9.17, 15) is 0 Å². The lowest BCUT2D eigenvalue weighted by atomic mass is 9.95. The van der Waals surface area contributed by atoms with E-state index in [4.69, 9.17) is 0 Å². The minimum absolute atomic E-state index is 0.471. The Hall–Kier alpha value is -1.30. The Balaban J connectivity index is 1.56. The minimum Gasteiger partial charge on any atom is -0.310 e. The van der Waals surface area contributed by atoms with Crippen LogP contribution in [0.5, 0.6) is 0 Å². The van der Waals surface area contributed by atoms with Crippen LogP contribution in [-0.4, -0.2) is 35.0 Å². The molecule has 0 spiro atoms. The fraction of sp³-hybridized carbons (Fsp3) is 0.556. The molecule has 0 aromatic carbocycles. The molecular weight excluding hydrogens is 304 g/mol. The van der Waals surface area contributed by atoms with Gasteiger partial charge in [-0.05, 0) is 43.5 Å². The van der Waals surface area contributed by atoms with Crippen molar-refractivity contribution >= 4 is 11.3 Å². The molecule has 3 rings (SSSR count). The molecule has 0 aliphatic carbocycles. The van der Waals surface area contributed by atoms with E-state index in [1.807, 2.05) is 36.0 Å². The molecule has 3 heterocycles. The number of nitrogens with one attached hydrogen (secondary N) is 1. The second-order valence-electron chi connectivity index (χ2n) is 6.70. The van der Waals surface area contributed by atoms with Crippen molar-refractivity contribution in [2.45, 2.75) is 38.8 Å². The van der Waals surface area contributed by atoms with Gasteiger partial charge >= 0.3 is 0 Å². The number of rotatable bonds is 6. The fourth-order valence-electron chi connectivity index (χ4n) is 3.36. The molecule has 1 fully saturated rings. The van der Waals surface area contributed by atoms with E-state index < -0.39 is 0 Å². The third kappa shape index (κ3) is 3.97. The van der Waals surface area contributed by atoms with Crippen molar-refractivity contribution in [3.8, 4) is 0 Å². The summed E-state index contributed by atoms with van der Waals surface area (Å²) in [7, 11) is 2.22. The van der Waals surface area contributed by atoms with Crippen molar-refractivity contribution in [1.29, 1.82) is 0 Å². The van der Waals surface area contributed by atoms with Crippen molar-refractivity contribution in [1.82, 2.24) is 20.2 Å². The van der Waals surface area contributed by atoms with Crippen molar-refractivity contribution in [2.75, 3.05) is 20.1 Å². The number of aromatic nitrogens is 2. The van der Waals surface area contributed by atoms with Gasteiger partial charge in [0.05, 0.1) is 0 Å². The van der Waals surface area contributed by atoms with Gasteiger partial charge in [-0.2, -0.15) is 0 Å². The number of pyridine rings is 1. The third-order valence-corrected chi connectivity index (χ3v) is 5.92. The predicted octanol–water partition coefficient (Wildman–Crippen LogP) is 3.44. The quantitative estimate of drug-likeness (QED) is 0.881. The lowest BCUT2D eigenvalue weighted by Gasteiger charge is -2.25. The maximum absolute atomic E-state index is 4.53. The topological polar surface area (TPSA) is 41.1 Å². The molecule has 1 aliphatic heterocycles. The molecule has 0 saturated carbocycles. The van der Waals surface area contributed by atoms with E-state index in [0.717, 1.165) is 19.6 Å². The zero-order valence-corrected chi connectivity index (χ0v) is 15.0. The second kappa shape index (κ2) is 7.51. The smallest absolute Gasteiger partial charge is 0.107 e. The molecule has 0 radical (unpaired) electrons. The highest BCUT2D eigenvalue weighted by molar-refractivity contribution is 7.11. The Morgan fingerprint density at radius 2 is 2.26 bits per heavy atom. The van der Waals surface area contributed by atoms with Crippen LogP contribution >= 0.6 is 11.3 Å². The number of hydrogen-bond donors (Lipinski definition) is 1. The lowest BCUT2D eigenvalue weighted by molar-refractivity contribution is 0.271. The van der Waals surface area contributed by atoms with Crippen LogP contribution < -0.4 is 5.32 Å². The van der Waals surface area contributed by atoms with Gasteiger partial charge in [0.1, 0.15) is 5.01 Å². The van der Waals surface area contributed by atoms with Crippen LogP contribution in [0.25, 0.3) is 0 Å². The predicted molar refractivity (Wildman–Crippen MR) is 95.6 cm³/mol. The van der Waals surface area contributed by atoms with E-state index in [1.54, 1.807) is 0 Å². The molecule has 124 valence electrons. The molecule has 2 aromatic rings. The Morgan fingerprint density at radius 1 is 1.39 bits per heavy atom. The zero-order valence-electron chi connectivity index (χ0n) is 14.2. The van der Waals surface area contributed by atoms with Crippen molar-refractivity contribution < 1.29 is 0 Å². The van der Waals surface area contributed by atoms with E-state index in [2.05, 4.69) is 47.1 Å². The summed E-state index contributed by atoms with van der Waals surface area (Å²) < 4.78 is 0. The van der Waals surface area contributed by atoms with Gasteiger partial charge < -0.3 is 5.32 Å². The highest BCUT2D eigenvalue weighted by atomic mass is 32.1. The van der Waals surface area contributed by atoms with E-state index in [0.29, 0.717) is 17.9 Å². The average molecular weight is 331 g/mol. The summed E-state index contributed by atoms with van der Waals surface area (Å²) in [6.45, 7) is 7.49. The molecule has 1 N–H and O–H groups in total. The van der Waals surface area contributed by atoms with E-state index in [-0.39, 0.29) is 0 Å². The Kier molecular flexibility index (Phi) is 5.41. The first-order chi connectivity index (χ1) is 11.1. The van der Waals surface area contributed by atoms with Crippen LogP contribution in [0.3, 0.4) is 0 Å². The lowest BCUT2D eigenvalue weighted by Crippen LogP contribution is -2.28. The molecule has 23 heavy (non-hydrogen) atoms. The van der Waals surface area contributed by atoms with Crippen LogP contribution in [0.15, 0.2) is 30.7 Å². The summed E-state index contributed by atoms with van der Waals surface area (Å²) in [6.07, 6.45) is 7.11. The molecule has 2 aromatic heterocycles. The molecular formula is C18H26N4S. The van der Waals surface area contributed by atoms with Gasteiger partial charge in [0.15, 0.2) is 0 Å². The molecule has 4 nitrogen and oxygen atoms in total. The minimum atomic E-state index is 0.471. The average Bonchev–Trinajstić information content (AvgIpc) is 3.16. The first kappa shape index (κ1) is 16.6. The number of hydrogen-bond acceptors (Lipinski definition) is 5. The normalized spacial score (nSPS) is 22.1. The summed E-state index contributed by atoms with van der Waals surface area (Å²) in [5.41, 5.74) is 1.33. The largest absolute Gasteiger partial charge is 0.310 e. The van der Waals surface area contributed by atoms with Gasteiger partial charge in [-0.1, -0.05) is 19.9 Å². The molecule has 0 unspecified atom stereocenters. The molecule has 0 bridgehead atoms. The Morgan fingerprint density at radius 3 is 2.96 bits per heavy atom. The highest BCUT2D eigenvalue weighted by Crippen LogP contribution is 2.35. The van der Waals surface area contributed by atoms with Gasteiger partial charge in [0, 0.05) is 42.6 Å². The standard InChI is InChI=1S/C18H26N4S/c1-13(2)16-11-21-17(23-16)12-20-10-15-6-8-22(3)18(15)14-5-4-7-19-9-14/h4-5,7,9,11,13,15,18,20H,6,8,10,12H2,1-3H3/t15-,18-/m0/s1. The van der Waals surface area contributed by atoms with Crippen LogP contribution in [-0.2, 0) is 6.54 Å². The molecule has 5 heteroatoms. The van der Waals surface area contributed by atoms with Crippen molar-refractivity contribution in [3.05, 3.63) is 46.2 Å². The van der Waals surface area contributed by atoms with Gasteiger partial charge in [0.25, 0.3) is 0 Å². The van der Waals surface area contributed by atoms with Gasteiger partial charge in [-0.15, -0.1) is 11.3 Å². The van der Waals surface area contributed by atoms with E-state index in [1.165, 1.54) is 21.9 Å². The van der Waals surface area contributed by atoms with Crippen LogP contribution in [0.1, 0.15) is 47.7 Å². The van der Waals surface area contributed by atoms with Gasteiger partial charge in [-0.3, -0.25) is 9.88 Å². The molecule has 2 atom stereocenters. The van der Waals surface area contributed by atoms with Crippen molar-refractivity contribution in [3.63, 3.8) is 0 Å². The Bertz CT molecular complexity index is 610. The summed E-state index contributed by atoms with van der Waals surface area (Å²) in [4.78, 5) is 12.6. The molecule has 1 saturated heterocycles. The fourth-order valence-corrected chi connectivity index (χ4v) is 4.25. The van der Waals surface area contributed by atoms with Crippen LogP contribution in [0, 0.1) is 5.92 Å².